The number of anilines is 1. The van der Waals surface area contributed by atoms with Gasteiger partial charge in [-0.05, 0) is 50.7 Å². The molecule has 6 nitrogen and oxygen atoms in total. The maximum absolute atomic E-state index is 12.6. The van der Waals surface area contributed by atoms with E-state index >= 15 is 0 Å². The summed E-state index contributed by atoms with van der Waals surface area (Å²) in [6, 6.07) is 6.84. The van der Waals surface area contributed by atoms with Gasteiger partial charge >= 0.3 is 5.97 Å². The van der Waals surface area contributed by atoms with Crippen molar-refractivity contribution in [2.45, 2.75) is 84.0 Å². The molecule has 1 aromatic carbocycles. The van der Waals surface area contributed by atoms with Gasteiger partial charge in [-0.25, -0.2) is 9.78 Å². The number of thiazole rings is 1. The number of amides is 1. The number of aromatic nitrogens is 1. The second-order valence-electron chi connectivity index (χ2n) is 8.85. The molecule has 1 heterocycles. The second kappa shape index (κ2) is 15.4. The number of esters is 1. The van der Waals surface area contributed by atoms with E-state index in [-0.39, 0.29) is 12.5 Å². The summed E-state index contributed by atoms with van der Waals surface area (Å²) < 4.78 is 11.0. The minimum absolute atomic E-state index is 0.201. The van der Waals surface area contributed by atoms with Crippen LogP contribution >= 0.6 is 11.3 Å². The Morgan fingerprint density at radius 1 is 1.00 bits per heavy atom. The molecule has 2 aromatic rings. The molecule has 1 aliphatic carbocycles. The van der Waals surface area contributed by atoms with Crippen LogP contribution in [0.1, 0.15) is 92.1 Å². The zero-order valence-corrected chi connectivity index (χ0v) is 21.7. The van der Waals surface area contributed by atoms with Crippen molar-refractivity contribution in [1.29, 1.82) is 0 Å². The lowest BCUT2D eigenvalue weighted by molar-refractivity contribution is -0.118. The molecule has 0 saturated heterocycles. The molecular weight excluding hydrogens is 460 g/mol. The predicted octanol–water partition coefficient (Wildman–Crippen LogP) is 6.89. The molecule has 1 N–H and O–H groups in total. The molecule has 1 aliphatic rings. The summed E-state index contributed by atoms with van der Waals surface area (Å²) in [5, 5.41) is 3.52. The Morgan fingerprint density at radius 3 is 2.49 bits per heavy atom. The van der Waals surface area contributed by atoms with E-state index in [4.69, 9.17) is 14.5 Å². The minimum atomic E-state index is -0.455. The fraction of sp³-hybridized carbons (Fsp3) is 0.536. The topological polar surface area (TPSA) is 77.5 Å². The third-order valence-electron chi connectivity index (χ3n) is 5.98. The lowest BCUT2D eigenvalue weighted by Gasteiger charge is -2.10. The van der Waals surface area contributed by atoms with Gasteiger partial charge in [0.2, 0.25) is 0 Å². The zero-order valence-electron chi connectivity index (χ0n) is 20.9. The Bertz CT molecular complexity index is 940. The van der Waals surface area contributed by atoms with E-state index < -0.39 is 5.97 Å². The Balaban J connectivity index is 1.53. The van der Waals surface area contributed by atoms with Crippen LogP contribution < -0.4 is 10.1 Å². The van der Waals surface area contributed by atoms with Crippen LogP contribution in [0.3, 0.4) is 0 Å². The molecule has 0 aliphatic heterocycles. The summed E-state index contributed by atoms with van der Waals surface area (Å²) in [6.07, 6.45) is 17.8. The van der Waals surface area contributed by atoms with Crippen LogP contribution in [0.15, 0.2) is 36.4 Å². The Labute approximate surface area is 213 Å². The van der Waals surface area contributed by atoms with Crippen LogP contribution in [0.5, 0.6) is 5.75 Å². The van der Waals surface area contributed by atoms with Crippen LogP contribution in [0.2, 0.25) is 0 Å². The van der Waals surface area contributed by atoms with Gasteiger partial charge in [-0.15, -0.1) is 11.3 Å². The number of allylic oxidation sites excluding steroid dienone is 1. The van der Waals surface area contributed by atoms with Crippen LogP contribution in [0, 0.1) is 0 Å². The zero-order chi connectivity index (χ0) is 24.7. The number of carbonyl (C=O) groups excluding carboxylic acids is 2. The molecule has 3 rings (SSSR count). The quantitative estimate of drug-likeness (QED) is 0.231. The van der Waals surface area contributed by atoms with Crippen LogP contribution in [0.25, 0.3) is 0 Å². The standard InChI is InChI=1S/C28H38N2O4S/c1-2-3-4-15-20-33-27(32)22-16-13-14-18-24(22)34-21-26(31)30-28-29-23-17-11-9-7-5-6-8-10-12-19-25(23)35-28/h3-4,13-14,16,18H,2,5-12,15,17,19-21H2,1H3,(H,29,30,31)/b4-3-. The van der Waals surface area contributed by atoms with Crippen molar-refractivity contribution in [3.8, 4) is 5.75 Å². The van der Waals surface area contributed by atoms with Gasteiger partial charge in [0.15, 0.2) is 11.7 Å². The predicted molar refractivity (Wildman–Crippen MR) is 141 cm³/mol. The van der Waals surface area contributed by atoms with Gasteiger partial charge in [-0.3, -0.25) is 10.1 Å². The summed E-state index contributed by atoms with van der Waals surface area (Å²) in [5.41, 5.74) is 1.45. The molecule has 0 radical (unpaired) electrons. The van der Waals surface area contributed by atoms with Gasteiger partial charge in [-0.1, -0.05) is 69.7 Å². The van der Waals surface area contributed by atoms with Gasteiger partial charge in [-0.2, -0.15) is 0 Å². The molecule has 0 saturated carbocycles. The molecule has 0 spiro atoms. The number of ether oxygens (including phenoxy) is 2. The molecular formula is C28H38N2O4S. The fourth-order valence-corrected chi connectivity index (χ4v) is 5.17. The van der Waals surface area contributed by atoms with Crippen LogP contribution in [-0.2, 0) is 22.4 Å². The Kier molecular flexibility index (Phi) is 11.8. The molecule has 1 amide bonds. The normalized spacial score (nSPS) is 15.0. The van der Waals surface area contributed by atoms with Crippen molar-refractivity contribution in [1.82, 2.24) is 4.98 Å². The molecule has 0 unspecified atom stereocenters. The summed E-state index contributed by atoms with van der Waals surface area (Å²) in [7, 11) is 0. The largest absolute Gasteiger partial charge is 0.483 e. The highest BCUT2D eigenvalue weighted by molar-refractivity contribution is 7.15. The number of aryl methyl sites for hydroxylation is 2. The van der Waals surface area contributed by atoms with Gasteiger partial charge in [0.25, 0.3) is 5.91 Å². The lowest BCUT2D eigenvalue weighted by atomic mass is 10.0. The first-order valence-electron chi connectivity index (χ1n) is 13.0. The Morgan fingerprint density at radius 2 is 1.71 bits per heavy atom. The van der Waals surface area contributed by atoms with E-state index in [9.17, 15) is 9.59 Å². The first-order chi connectivity index (χ1) is 17.2. The minimum Gasteiger partial charge on any atom is -0.483 e. The third-order valence-corrected chi connectivity index (χ3v) is 7.05. The number of carbonyl (C=O) groups is 2. The number of nitrogens with one attached hydrogen (secondary N) is 1. The maximum Gasteiger partial charge on any atom is 0.341 e. The van der Waals surface area contributed by atoms with Crippen molar-refractivity contribution in [3.05, 3.63) is 52.6 Å². The van der Waals surface area contributed by atoms with Crippen molar-refractivity contribution in [3.63, 3.8) is 0 Å². The van der Waals surface area contributed by atoms with Crippen molar-refractivity contribution in [2.24, 2.45) is 0 Å². The van der Waals surface area contributed by atoms with Crippen molar-refractivity contribution in [2.75, 3.05) is 18.5 Å². The highest BCUT2D eigenvalue weighted by Gasteiger charge is 2.17. The number of rotatable bonds is 9. The van der Waals surface area contributed by atoms with Gasteiger partial charge in [0.05, 0.1) is 12.3 Å². The number of para-hydroxylation sites is 1. The lowest BCUT2D eigenvalue weighted by Crippen LogP contribution is -2.21. The van der Waals surface area contributed by atoms with E-state index in [0.717, 1.165) is 31.4 Å². The smallest absolute Gasteiger partial charge is 0.341 e. The fourth-order valence-electron chi connectivity index (χ4n) is 4.11. The monoisotopic (exact) mass is 498 g/mol. The van der Waals surface area contributed by atoms with E-state index in [0.29, 0.717) is 29.5 Å². The number of fused-ring (bicyclic) bond motifs is 1. The summed E-state index contributed by atoms with van der Waals surface area (Å²) >= 11 is 1.58. The summed E-state index contributed by atoms with van der Waals surface area (Å²) in [6.45, 7) is 2.16. The number of nitrogens with zero attached hydrogens (tertiary/aromatic N) is 1. The summed E-state index contributed by atoms with van der Waals surface area (Å²) in [5.74, 6) is -0.408. The molecule has 190 valence electrons. The molecule has 35 heavy (non-hydrogen) atoms. The first kappa shape index (κ1) is 26.9. The van der Waals surface area contributed by atoms with Gasteiger partial charge in [0, 0.05) is 4.88 Å². The van der Waals surface area contributed by atoms with Crippen molar-refractivity contribution >= 4 is 28.3 Å². The molecule has 0 atom stereocenters. The highest BCUT2D eigenvalue weighted by atomic mass is 32.1. The van der Waals surface area contributed by atoms with E-state index in [1.807, 2.05) is 12.2 Å². The Hall–Kier alpha value is -2.67. The van der Waals surface area contributed by atoms with Gasteiger partial charge in [0.1, 0.15) is 11.3 Å². The maximum atomic E-state index is 12.6. The van der Waals surface area contributed by atoms with Crippen LogP contribution in [0.4, 0.5) is 5.13 Å². The summed E-state index contributed by atoms with van der Waals surface area (Å²) in [4.78, 5) is 31.1. The number of hydrogen-bond acceptors (Lipinski definition) is 6. The third kappa shape index (κ3) is 9.48. The van der Waals surface area contributed by atoms with E-state index in [1.165, 1.54) is 49.8 Å². The average Bonchev–Trinajstić information content (AvgIpc) is 3.23. The second-order valence-corrected chi connectivity index (χ2v) is 9.94. The molecule has 0 bridgehead atoms. The SMILES string of the molecule is CC/C=C\CCOC(=O)c1ccccc1OCC(=O)Nc1nc2c(s1)CCCCCCCCCC2. The molecule has 7 heteroatoms. The average molecular weight is 499 g/mol. The molecule has 0 fully saturated rings. The van der Waals surface area contributed by atoms with Gasteiger partial charge < -0.3 is 9.47 Å². The molecule has 1 aromatic heterocycles. The highest BCUT2D eigenvalue weighted by Crippen LogP contribution is 2.28. The van der Waals surface area contributed by atoms with E-state index in [2.05, 4.69) is 12.2 Å². The number of benzene rings is 1. The van der Waals surface area contributed by atoms with Crippen LogP contribution in [-0.4, -0.2) is 30.1 Å². The van der Waals surface area contributed by atoms with E-state index in [1.54, 1.807) is 35.6 Å². The number of hydrogen-bond donors (Lipinski definition) is 1. The van der Waals surface area contributed by atoms with Crippen molar-refractivity contribution < 1.29 is 19.1 Å². The first-order valence-corrected chi connectivity index (χ1v) is 13.8.